The summed E-state index contributed by atoms with van der Waals surface area (Å²) in [5, 5.41) is 5.40. The Labute approximate surface area is 112 Å². The van der Waals surface area contributed by atoms with E-state index in [0.717, 1.165) is 28.4 Å². The summed E-state index contributed by atoms with van der Waals surface area (Å²) in [6.45, 7) is 3.13. The molecule has 1 aliphatic rings. The fraction of sp³-hybridized carbons (Fsp3) is 0.400. The molecule has 1 aliphatic carbocycles. The van der Waals surface area contributed by atoms with Gasteiger partial charge in [0.2, 0.25) is 0 Å². The van der Waals surface area contributed by atoms with Crippen LogP contribution in [0.4, 0.5) is 0 Å². The minimum Gasteiger partial charge on any atom is -0.310 e. The summed E-state index contributed by atoms with van der Waals surface area (Å²) in [5.41, 5.74) is 2.24. The summed E-state index contributed by atoms with van der Waals surface area (Å²) in [6, 6.07) is 8.59. The van der Waals surface area contributed by atoms with Crippen LogP contribution in [0.15, 0.2) is 30.5 Å². The van der Waals surface area contributed by atoms with Crippen molar-refractivity contribution in [2.45, 2.75) is 32.4 Å². The van der Waals surface area contributed by atoms with Gasteiger partial charge in [0.15, 0.2) is 0 Å². The minimum absolute atomic E-state index is 0.597. The molecule has 94 valence electrons. The lowest BCUT2D eigenvalue weighted by Crippen LogP contribution is -2.27. The Kier molecular flexibility index (Phi) is 3.23. The summed E-state index contributed by atoms with van der Waals surface area (Å²) in [6.07, 6.45) is 4.56. The fourth-order valence-corrected chi connectivity index (χ4v) is 2.59. The van der Waals surface area contributed by atoms with Gasteiger partial charge in [-0.05, 0) is 49.4 Å². The van der Waals surface area contributed by atoms with Gasteiger partial charge in [-0.25, -0.2) is 0 Å². The first-order valence-corrected chi connectivity index (χ1v) is 6.89. The molecule has 18 heavy (non-hydrogen) atoms. The van der Waals surface area contributed by atoms with E-state index in [1.54, 1.807) is 0 Å². The first-order valence-electron chi connectivity index (χ1n) is 6.51. The molecule has 0 bridgehead atoms. The highest BCUT2D eigenvalue weighted by atomic mass is 35.5. The molecule has 1 fully saturated rings. The number of hydrogen-bond donors (Lipinski definition) is 1. The molecular formula is C15H17ClN2. The third-order valence-corrected chi connectivity index (χ3v) is 4.07. The van der Waals surface area contributed by atoms with Crippen molar-refractivity contribution >= 4 is 22.5 Å². The zero-order chi connectivity index (χ0) is 12.5. The number of fused-ring (bicyclic) bond motifs is 1. The average molecular weight is 261 g/mol. The molecule has 3 heteroatoms. The predicted molar refractivity (Wildman–Crippen MR) is 75.8 cm³/mol. The molecule has 2 nitrogen and oxygen atoms in total. The van der Waals surface area contributed by atoms with Crippen molar-refractivity contribution in [2.75, 3.05) is 0 Å². The number of halogens is 1. The smallest absolute Gasteiger partial charge is 0.0761 e. The first kappa shape index (κ1) is 11.9. The highest BCUT2D eigenvalue weighted by Crippen LogP contribution is 2.32. The van der Waals surface area contributed by atoms with E-state index in [9.17, 15) is 0 Å². The second-order valence-electron chi connectivity index (χ2n) is 5.11. The van der Waals surface area contributed by atoms with E-state index in [-0.39, 0.29) is 0 Å². The average Bonchev–Trinajstić information content (AvgIpc) is 3.22. The van der Waals surface area contributed by atoms with Gasteiger partial charge in [0.05, 0.1) is 5.52 Å². The van der Waals surface area contributed by atoms with Gasteiger partial charge in [0.1, 0.15) is 0 Å². The Morgan fingerprint density at radius 3 is 3.00 bits per heavy atom. The highest BCUT2D eigenvalue weighted by Gasteiger charge is 2.27. The quantitative estimate of drug-likeness (QED) is 0.905. The van der Waals surface area contributed by atoms with Crippen LogP contribution in [0.5, 0.6) is 0 Å². The van der Waals surface area contributed by atoms with E-state index in [0.29, 0.717) is 6.04 Å². The van der Waals surface area contributed by atoms with Crippen molar-refractivity contribution in [3.63, 3.8) is 0 Å². The molecule has 3 rings (SSSR count). The molecule has 2 aromatic rings. The molecular weight excluding hydrogens is 244 g/mol. The van der Waals surface area contributed by atoms with Gasteiger partial charge in [0, 0.05) is 29.2 Å². The van der Waals surface area contributed by atoms with Crippen molar-refractivity contribution in [2.24, 2.45) is 5.92 Å². The molecule has 1 heterocycles. The van der Waals surface area contributed by atoms with E-state index in [1.165, 1.54) is 18.4 Å². The molecule has 1 aromatic carbocycles. The van der Waals surface area contributed by atoms with Gasteiger partial charge in [-0.2, -0.15) is 0 Å². The SMILES string of the molecule is CC(NCc1ccc(Cl)c2cccnc12)C1CC1. The van der Waals surface area contributed by atoms with Crippen molar-refractivity contribution in [1.29, 1.82) is 0 Å². The van der Waals surface area contributed by atoms with Crippen molar-refractivity contribution in [3.8, 4) is 0 Å². The second-order valence-corrected chi connectivity index (χ2v) is 5.52. The minimum atomic E-state index is 0.597. The maximum absolute atomic E-state index is 6.19. The highest BCUT2D eigenvalue weighted by molar-refractivity contribution is 6.35. The first-order chi connectivity index (χ1) is 8.75. The maximum atomic E-state index is 6.19. The van der Waals surface area contributed by atoms with Crippen LogP contribution in [-0.2, 0) is 6.54 Å². The van der Waals surface area contributed by atoms with E-state index >= 15 is 0 Å². The van der Waals surface area contributed by atoms with Gasteiger partial charge in [-0.3, -0.25) is 4.98 Å². The van der Waals surface area contributed by atoms with Crippen LogP contribution >= 0.6 is 11.6 Å². The van der Waals surface area contributed by atoms with Crippen LogP contribution in [0.3, 0.4) is 0 Å². The zero-order valence-corrected chi connectivity index (χ0v) is 11.2. The largest absolute Gasteiger partial charge is 0.310 e. The zero-order valence-electron chi connectivity index (χ0n) is 10.5. The molecule has 0 amide bonds. The van der Waals surface area contributed by atoms with E-state index < -0.39 is 0 Å². The topological polar surface area (TPSA) is 24.9 Å². The molecule has 1 saturated carbocycles. The van der Waals surface area contributed by atoms with Crippen LogP contribution in [0.1, 0.15) is 25.3 Å². The van der Waals surface area contributed by atoms with Crippen molar-refractivity contribution in [3.05, 3.63) is 41.0 Å². The lowest BCUT2D eigenvalue weighted by molar-refractivity contribution is 0.497. The van der Waals surface area contributed by atoms with Crippen LogP contribution in [0.2, 0.25) is 5.02 Å². The number of nitrogens with one attached hydrogen (secondary N) is 1. The van der Waals surface area contributed by atoms with Crippen LogP contribution in [0, 0.1) is 5.92 Å². The van der Waals surface area contributed by atoms with Gasteiger partial charge in [-0.1, -0.05) is 17.7 Å². The molecule has 0 spiro atoms. The van der Waals surface area contributed by atoms with E-state index in [4.69, 9.17) is 11.6 Å². The molecule has 1 aromatic heterocycles. The molecule has 0 radical (unpaired) electrons. The third-order valence-electron chi connectivity index (χ3n) is 3.74. The van der Waals surface area contributed by atoms with Crippen molar-refractivity contribution in [1.82, 2.24) is 10.3 Å². The van der Waals surface area contributed by atoms with Gasteiger partial charge in [0.25, 0.3) is 0 Å². The van der Waals surface area contributed by atoms with Gasteiger partial charge < -0.3 is 5.32 Å². The number of nitrogens with zero attached hydrogens (tertiary/aromatic N) is 1. The lowest BCUT2D eigenvalue weighted by atomic mass is 10.1. The number of rotatable bonds is 4. The normalized spacial score (nSPS) is 17.0. The van der Waals surface area contributed by atoms with Gasteiger partial charge >= 0.3 is 0 Å². The monoisotopic (exact) mass is 260 g/mol. The molecule has 0 aliphatic heterocycles. The summed E-state index contributed by atoms with van der Waals surface area (Å²) in [5.74, 6) is 0.872. The Hall–Kier alpha value is -1.12. The molecule has 1 N–H and O–H groups in total. The summed E-state index contributed by atoms with van der Waals surface area (Å²) in [7, 11) is 0. The number of hydrogen-bond acceptors (Lipinski definition) is 2. The molecule has 1 unspecified atom stereocenters. The summed E-state index contributed by atoms with van der Waals surface area (Å²) >= 11 is 6.19. The summed E-state index contributed by atoms with van der Waals surface area (Å²) in [4.78, 5) is 4.46. The Morgan fingerprint density at radius 2 is 2.22 bits per heavy atom. The lowest BCUT2D eigenvalue weighted by Gasteiger charge is -2.14. The maximum Gasteiger partial charge on any atom is 0.0761 e. The van der Waals surface area contributed by atoms with E-state index in [1.807, 2.05) is 24.4 Å². The van der Waals surface area contributed by atoms with Crippen LogP contribution in [0.25, 0.3) is 10.9 Å². The number of aromatic nitrogens is 1. The third kappa shape index (κ3) is 2.36. The standard InChI is InChI=1S/C15H17ClN2/c1-10(11-4-5-11)18-9-12-6-7-14(16)13-3-2-8-17-15(12)13/h2-3,6-8,10-11,18H,4-5,9H2,1H3. The second kappa shape index (κ2) is 4.87. The Balaban J connectivity index is 1.85. The van der Waals surface area contributed by atoms with Gasteiger partial charge in [-0.15, -0.1) is 0 Å². The van der Waals surface area contributed by atoms with E-state index in [2.05, 4.69) is 23.3 Å². The van der Waals surface area contributed by atoms with Crippen LogP contribution < -0.4 is 5.32 Å². The summed E-state index contributed by atoms with van der Waals surface area (Å²) < 4.78 is 0. The van der Waals surface area contributed by atoms with Crippen molar-refractivity contribution < 1.29 is 0 Å². The molecule has 0 saturated heterocycles. The molecule has 1 atom stereocenters. The van der Waals surface area contributed by atoms with Crippen LogP contribution in [-0.4, -0.2) is 11.0 Å². The predicted octanol–water partition coefficient (Wildman–Crippen LogP) is 3.78. The number of benzene rings is 1. The Bertz CT molecular complexity index is 563. The Morgan fingerprint density at radius 1 is 1.39 bits per heavy atom. The number of pyridine rings is 1. The fourth-order valence-electron chi connectivity index (χ4n) is 2.37.